The monoisotopic (exact) mass is 511 g/mol. The number of carbonyl (C=O) groups is 2. The summed E-state index contributed by atoms with van der Waals surface area (Å²) < 4.78 is 0. The summed E-state index contributed by atoms with van der Waals surface area (Å²) in [6.07, 6.45) is 1.81. The van der Waals surface area contributed by atoms with Gasteiger partial charge >= 0.3 is 0 Å². The van der Waals surface area contributed by atoms with Crippen molar-refractivity contribution in [2.45, 2.75) is 45.0 Å². The Morgan fingerprint density at radius 3 is 2.36 bits per heavy atom. The summed E-state index contributed by atoms with van der Waals surface area (Å²) in [5, 5.41) is 14.5. The lowest BCUT2D eigenvalue weighted by atomic mass is 10.1. The Kier molecular flexibility index (Phi) is 11.0. The van der Waals surface area contributed by atoms with E-state index in [0.29, 0.717) is 27.9 Å². The van der Waals surface area contributed by atoms with Crippen molar-refractivity contribution >= 4 is 52.5 Å². The molecule has 0 saturated heterocycles. The number of nitro groups is 1. The summed E-state index contributed by atoms with van der Waals surface area (Å²) in [5.41, 5.74) is 1.47. The molecule has 1 N–H and O–H groups in total. The molecule has 0 bridgehead atoms. The number of unbranched alkanes of at least 4 members (excludes halogenated alkanes) is 1. The molecule has 0 aliphatic rings. The standard InChI is InChI=1S/C23H27Cl2N3O4S/c1-3-4-12-26-23(30)16(2)27(13-19-20(24)6-5-7-21(19)25)22(29)15-33-14-17-8-10-18(11-9-17)28(31)32/h5-11,16H,3-4,12-15H2,1-2H3,(H,26,30)/t16-/m0/s1. The molecule has 2 aromatic carbocycles. The molecule has 0 fully saturated rings. The van der Waals surface area contributed by atoms with Crippen LogP contribution in [0.25, 0.3) is 0 Å². The third kappa shape index (κ3) is 8.21. The number of rotatable bonds is 12. The average molecular weight is 512 g/mol. The van der Waals surface area contributed by atoms with Crippen LogP contribution in [0.2, 0.25) is 10.0 Å². The number of benzene rings is 2. The lowest BCUT2D eigenvalue weighted by Gasteiger charge is -2.29. The molecule has 10 heteroatoms. The molecule has 33 heavy (non-hydrogen) atoms. The van der Waals surface area contributed by atoms with Crippen molar-refractivity contribution < 1.29 is 14.5 Å². The van der Waals surface area contributed by atoms with E-state index in [9.17, 15) is 19.7 Å². The van der Waals surface area contributed by atoms with Crippen LogP contribution in [0, 0.1) is 10.1 Å². The number of nitro benzene ring substituents is 1. The highest BCUT2D eigenvalue weighted by molar-refractivity contribution is 7.99. The van der Waals surface area contributed by atoms with Crippen LogP contribution in [0.3, 0.4) is 0 Å². The predicted molar refractivity (Wildman–Crippen MR) is 134 cm³/mol. The number of hydrogen-bond acceptors (Lipinski definition) is 5. The van der Waals surface area contributed by atoms with Gasteiger partial charge in [0.2, 0.25) is 11.8 Å². The zero-order valence-electron chi connectivity index (χ0n) is 18.6. The van der Waals surface area contributed by atoms with E-state index in [1.165, 1.54) is 28.8 Å². The number of non-ortho nitro benzene ring substituents is 1. The second-order valence-corrected chi connectivity index (χ2v) is 9.26. The van der Waals surface area contributed by atoms with E-state index in [0.717, 1.165) is 18.4 Å². The van der Waals surface area contributed by atoms with Crippen LogP contribution in [0.4, 0.5) is 5.69 Å². The zero-order chi connectivity index (χ0) is 24.4. The first-order chi connectivity index (χ1) is 15.7. The Morgan fingerprint density at radius 2 is 1.79 bits per heavy atom. The van der Waals surface area contributed by atoms with Gasteiger partial charge in [0.25, 0.3) is 5.69 Å². The topological polar surface area (TPSA) is 92.6 Å². The van der Waals surface area contributed by atoms with Gasteiger partial charge in [0.05, 0.1) is 10.7 Å². The van der Waals surface area contributed by atoms with Crippen LogP contribution in [-0.2, 0) is 21.9 Å². The number of hydrogen-bond donors (Lipinski definition) is 1. The Hall–Kier alpha value is -2.29. The lowest BCUT2D eigenvalue weighted by molar-refractivity contribution is -0.384. The molecule has 0 heterocycles. The Labute approximate surface area is 208 Å². The fourth-order valence-electron chi connectivity index (χ4n) is 3.03. The van der Waals surface area contributed by atoms with E-state index in [-0.39, 0.29) is 29.8 Å². The number of thioether (sulfide) groups is 1. The molecule has 178 valence electrons. The molecule has 0 aromatic heterocycles. The molecule has 0 aliphatic heterocycles. The minimum absolute atomic E-state index is 0.0190. The number of nitrogens with one attached hydrogen (secondary N) is 1. The maximum absolute atomic E-state index is 13.1. The lowest BCUT2D eigenvalue weighted by Crippen LogP contribution is -2.48. The summed E-state index contributed by atoms with van der Waals surface area (Å²) in [7, 11) is 0. The van der Waals surface area contributed by atoms with Crippen molar-refractivity contribution in [1.82, 2.24) is 10.2 Å². The van der Waals surface area contributed by atoms with Gasteiger partial charge in [-0.05, 0) is 31.0 Å². The normalized spacial score (nSPS) is 11.6. The molecular weight excluding hydrogens is 485 g/mol. The van der Waals surface area contributed by atoms with Crippen LogP contribution in [0.1, 0.15) is 37.8 Å². The van der Waals surface area contributed by atoms with Gasteiger partial charge in [0.1, 0.15) is 6.04 Å². The molecule has 0 radical (unpaired) electrons. The van der Waals surface area contributed by atoms with Crippen LogP contribution in [0.5, 0.6) is 0 Å². The van der Waals surface area contributed by atoms with E-state index in [2.05, 4.69) is 5.32 Å². The fraction of sp³-hybridized carbons (Fsp3) is 0.391. The first kappa shape index (κ1) is 27.0. The third-order valence-electron chi connectivity index (χ3n) is 5.03. The van der Waals surface area contributed by atoms with Crippen LogP contribution in [0.15, 0.2) is 42.5 Å². The van der Waals surface area contributed by atoms with E-state index in [1.54, 1.807) is 37.3 Å². The molecule has 7 nitrogen and oxygen atoms in total. The maximum Gasteiger partial charge on any atom is 0.269 e. The van der Waals surface area contributed by atoms with E-state index >= 15 is 0 Å². The van der Waals surface area contributed by atoms with Crippen molar-refractivity contribution in [1.29, 1.82) is 0 Å². The van der Waals surface area contributed by atoms with Crippen molar-refractivity contribution in [2.24, 2.45) is 0 Å². The van der Waals surface area contributed by atoms with Gasteiger partial charge in [-0.15, -0.1) is 11.8 Å². The second kappa shape index (κ2) is 13.4. The zero-order valence-corrected chi connectivity index (χ0v) is 20.9. The van der Waals surface area contributed by atoms with Crippen LogP contribution < -0.4 is 5.32 Å². The average Bonchev–Trinajstić information content (AvgIpc) is 2.79. The van der Waals surface area contributed by atoms with E-state index in [4.69, 9.17) is 23.2 Å². The van der Waals surface area contributed by atoms with Crippen molar-refractivity contribution in [3.05, 3.63) is 73.8 Å². The van der Waals surface area contributed by atoms with Crippen molar-refractivity contribution in [3.63, 3.8) is 0 Å². The number of nitrogens with zero attached hydrogens (tertiary/aromatic N) is 2. The molecule has 0 spiro atoms. The summed E-state index contributed by atoms with van der Waals surface area (Å²) in [4.78, 5) is 37.6. The Morgan fingerprint density at radius 1 is 1.15 bits per heavy atom. The smallest absolute Gasteiger partial charge is 0.269 e. The molecule has 0 unspecified atom stereocenters. The third-order valence-corrected chi connectivity index (χ3v) is 6.73. The summed E-state index contributed by atoms with van der Waals surface area (Å²) in [5.74, 6) is 0.170. The highest BCUT2D eigenvalue weighted by Crippen LogP contribution is 2.27. The highest BCUT2D eigenvalue weighted by Gasteiger charge is 2.27. The number of carbonyl (C=O) groups excluding carboxylic acids is 2. The molecular formula is C23H27Cl2N3O4S. The summed E-state index contributed by atoms with van der Waals surface area (Å²) >= 11 is 14.0. The van der Waals surface area contributed by atoms with E-state index in [1.807, 2.05) is 6.92 Å². The van der Waals surface area contributed by atoms with Crippen LogP contribution >= 0.6 is 35.0 Å². The summed E-state index contributed by atoms with van der Waals surface area (Å²) in [6.45, 7) is 4.37. The fourth-order valence-corrected chi connectivity index (χ4v) is 4.41. The Balaban J connectivity index is 2.09. The SMILES string of the molecule is CCCCNC(=O)[C@H](C)N(Cc1c(Cl)cccc1Cl)C(=O)CSCc1ccc([N+](=O)[O-])cc1. The minimum Gasteiger partial charge on any atom is -0.354 e. The van der Waals surface area contributed by atoms with Gasteiger partial charge in [-0.1, -0.05) is 54.7 Å². The minimum atomic E-state index is -0.707. The van der Waals surface area contributed by atoms with Crippen molar-refractivity contribution in [3.8, 4) is 0 Å². The van der Waals surface area contributed by atoms with Gasteiger partial charge in [-0.25, -0.2) is 0 Å². The van der Waals surface area contributed by atoms with Gasteiger partial charge in [-0.3, -0.25) is 19.7 Å². The maximum atomic E-state index is 13.1. The van der Waals surface area contributed by atoms with Gasteiger partial charge in [0, 0.05) is 46.6 Å². The van der Waals surface area contributed by atoms with E-state index < -0.39 is 11.0 Å². The van der Waals surface area contributed by atoms with Crippen molar-refractivity contribution in [2.75, 3.05) is 12.3 Å². The first-order valence-electron chi connectivity index (χ1n) is 10.6. The largest absolute Gasteiger partial charge is 0.354 e. The Bertz CT molecular complexity index is 952. The number of amides is 2. The molecule has 2 aromatic rings. The van der Waals surface area contributed by atoms with Gasteiger partial charge < -0.3 is 10.2 Å². The van der Waals surface area contributed by atoms with Gasteiger partial charge in [-0.2, -0.15) is 0 Å². The first-order valence-corrected chi connectivity index (χ1v) is 12.5. The molecule has 0 saturated carbocycles. The summed E-state index contributed by atoms with van der Waals surface area (Å²) in [6, 6.07) is 10.6. The molecule has 1 atom stereocenters. The predicted octanol–water partition coefficient (Wildman–Crippen LogP) is 5.47. The quantitative estimate of drug-likeness (QED) is 0.231. The highest BCUT2D eigenvalue weighted by atomic mass is 35.5. The number of halogens is 2. The second-order valence-electron chi connectivity index (χ2n) is 7.46. The molecule has 0 aliphatic carbocycles. The molecule has 2 amide bonds. The molecule has 2 rings (SSSR count). The van der Waals surface area contributed by atoms with Crippen LogP contribution in [-0.4, -0.2) is 40.0 Å². The van der Waals surface area contributed by atoms with Gasteiger partial charge in [0.15, 0.2) is 0 Å².